The topological polar surface area (TPSA) is 50.9 Å². The highest BCUT2D eigenvalue weighted by Crippen LogP contribution is 2.17. The first kappa shape index (κ1) is 7.55. The number of rotatable bonds is 2. The third-order valence-electron chi connectivity index (χ3n) is 1.22. The molecule has 1 rings (SSSR count). The van der Waals surface area contributed by atoms with Gasteiger partial charge in [-0.1, -0.05) is 0 Å². The molecule has 0 aromatic carbocycles. The minimum Gasteiger partial charge on any atom is -0.450 e. The summed E-state index contributed by atoms with van der Waals surface area (Å²) in [4.78, 5) is 10.7. The van der Waals surface area contributed by atoms with Gasteiger partial charge in [0.05, 0.1) is 23.5 Å². The van der Waals surface area contributed by atoms with Gasteiger partial charge < -0.3 is 9.47 Å². The van der Waals surface area contributed by atoms with Crippen molar-refractivity contribution in [2.45, 2.75) is 12.3 Å². The lowest BCUT2D eigenvalue weighted by Gasteiger charge is -2.07. The molecule has 0 aliphatic carbocycles. The lowest BCUT2D eigenvalue weighted by molar-refractivity contribution is 0.144. The number of hydrogen-bond acceptors (Lipinski definition) is 3. The molecule has 1 aliphatic rings. The van der Waals surface area contributed by atoms with Crippen LogP contribution in [0, 0.1) is 0 Å². The van der Waals surface area contributed by atoms with Gasteiger partial charge in [0.15, 0.2) is 0 Å². The molecule has 1 atom stereocenters. The van der Waals surface area contributed by atoms with Crippen molar-refractivity contribution in [2.24, 2.45) is 0 Å². The van der Waals surface area contributed by atoms with Crippen molar-refractivity contribution >= 4 is 16.3 Å². The van der Waals surface area contributed by atoms with Crippen LogP contribution in [-0.4, -0.2) is 34.9 Å². The van der Waals surface area contributed by atoms with Crippen LogP contribution in [0.2, 0.25) is 0 Å². The molecule has 5 heteroatoms. The summed E-state index contributed by atoms with van der Waals surface area (Å²) in [5.41, 5.74) is 0. The molecule has 1 saturated heterocycles. The van der Waals surface area contributed by atoms with Crippen molar-refractivity contribution in [2.75, 3.05) is 13.2 Å². The average molecular weight is 161 g/mol. The van der Waals surface area contributed by atoms with Crippen LogP contribution >= 0.6 is 0 Å². The predicted molar refractivity (Wildman–Crippen MR) is 38.8 cm³/mol. The Morgan fingerprint density at radius 1 is 2.00 bits per heavy atom. The molecule has 1 heterocycles. The molecular weight excluding hydrogens is 150 g/mol. The zero-order valence-corrected chi connectivity index (χ0v) is 8.14. The highest BCUT2D eigenvalue weighted by Gasteiger charge is 2.40. The second kappa shape index (κ2) is 2.59. The number of ether oxygens (including phenoxy) is 2. The second-order valence-corrected chi connectivity index (χ2v) is 3.98. The fourth-order valence-electron chi connectivity index (χ4n) is 0.563. The number of epoxide rings is 1. The summed E-state index contributed by atoms with van der Waals surface area (Å²) in [6, 6.07) is 0. The third-order valence-corrected chi connectivity index (χ3v) is 2.05. The molecule has 0 saturated carbocycles. The average Bonchev–Trinajstić information content (AvgIpc) is 2.48. The van der Waals surface area contributed by atoms with Gasteiger partial charge in [0, 0.05) is 0 Å². The Morgan fingerprint density at radius 3 is 3.00 bits per heavy atom. The summed E-state index contributed by atoms with van der Waals surface area (Å²) in [6.45, 7) is 2.81. The molecule has 0 spiro atoms. The van der Waals surface area contributed by atoms with Crippen LogP contribution in [-0.2, 0) is 9.47 Å². The highest BCUT2D eigenvalue weighted by molar-refractivity contribution is 6.17. The first-order valence-electron chi connectivity index (χ1n) is 3.25. The van der Waals surface area contributed by atoms with E-state index in [-0.39, 0.29) is 11.4 Å². The molecule has 1 N–H and O–H groups in total. The third kappa shape index (κ3) is 2.00. The molecule has 1 unspecified atom stereocenters. The van der Waals surface area contributed by atoms with Gasteiger partial charge in [-0.15, -0.1) is 0 Å². The zero-order chi connectivity index (χ0) is 7.61. The fourth-order valence-corrected chi connectivity index (χ4v) is 0.912. The van der Waals surface area contributed by atoms with Gasteiger partial charge in [-0.3, -0.25) is 5.32 Å². The fraction of sp³-hybridized carbons (Fsp3) is 0.800. The van der Waals surface area contributed by atoms with Gasteiger partial charge in [0.25, 0.3) is 0 Å². The molecule has 4 nitrogen and oxygen atoms in total. The van der Waals surface area contributed by atoms with Crippen LogP contribution in [0.25, 0.3) is 0 Å². The Hall–Kier alpha value is -0.553. The smallest absolute Gasteiger partial charge is 0.409 e. The van der Waals surface area contributed by atoms with Gasteiger partial charge in [0.2, 0.25) is 0 Å². The number of nitrogens with one attached hydrogen (secondary N) is 1. The Bertz CT molecular complexity index is 146. The van der Waals surface area contributed by atoms with Gasteiger partial charge in [0.1, 0.15) is 5.35 Å². The molecule has 0 bridgehead atoms. The molecule has 10 heavy (non-hydrogen) atoms. The second-order valence-electron chi connectivity index (χ2n) is 2.36. The first-order valence-corrected chi connectivity index (χ1v) is 4.25. The monoisotopic (exact) mass is 161 g/mol. The summed E-state index contributed by atoms with van der Waals surface area (Å²) in [7, 11) is 0.810. The Kier molecular flexibility index (Phi) is 1.96. The van der Waals surface area contributed by atoms with Crippen molar-refractivity contribution in [1.29, 1.82) is 0 Å². The Balaban J connectivity index is 2.18. The lowest BCUT2D eigenvalue weighted by atomic mass is 10.7. The molecule has 0 radical (unpaired) electrons. The van der Waals surface area contributed by atoms with E-state index in [4.69, 9.17) is 4.74 Å². The largest absolute Gasteiger partial charge is 0.450 e. The normalized spacial score (nSPS) is 29.7. The summed E-state index contributed by atoms with van der Waals surface area (Å²) in [6.07, 6.45) is -0.380. The van der Waals surface area contributed by atoms with E-state index >= 15 is 0 Å². The molecule has 0 aromatic rings. The van der Waals surface area contributed by atoms with Crippen LogP contribution in [0.1, 0.15) is 6.92 Å². The van der Waals surface area contributed by atoms with Crippen molar-refractivity contribution in [3.8, 4) is 0 Å². The van der Waals surface area contributed by atoms with Gasteiger partial charge in [-0.25, -0.2) is 4.79 Å². The molecular formula is C5H11NO3Si. The van der Waals surface area contributed by atoms with Crippen LogP contribution in [0.15, 0.2) is 0 Å². The standard InChI is InChI=1S/C5H11NO3Si/c1-2-8-4(7)6-5(10)3-9-5/h2-3H2,1,10H3,(H,6,7). The van der Waals surface area contributed by atoms with Crippen molar-refractivity contribution < 1.29 is 14.3 Å². The molecule has 0 aromatic heterocycles. The lowest BCUT2D eigenvalue weighted by Crippen LogP contribution is -2.38. The summed E-state index contributed by atoms with van der Waals surface area (Å²) in [5.74, 6) is 0. The van der Waals surface area contributed by atoms with E-state index in [1.807, 2.05) is 0 Å². The van der Waals surface area contributed by atoms with E-state index in [2.05, 4.69) is 10.1 Å². The van der Waals surface area contributed by atoms with E-state index in [1.165, 1.54) is 0 Å². The van der Waals surface area contributed by atoms with E-state index in [0.29, 0.717) is 13.2 Å². The van der Waals surface area contributed by atoms with Crippen molar-refractivity contribution in [3.05, 3.63) is 0 Å². The number of hydrogen-bond donors (Lipinski definition) is 1. The quantitative estimate of drug-likeness (QED) is 0.408. The molecule has 1 fully saturated rings. The summed E-state index contributed by atoms with van der Waals surface area (Å²) >= 11 is 0. The van der Waals surface area contributed by atoms with E-state index in [0.717, 1.165) is 10.2 Å². The minimum absolute atomic E-state index is 0.313. The number of alkyl carbamates (subject to hydrolysis) is 1. The molecule has 1 amide bonds. The van der Waals surface area contributed by atoms with E-state index in [1.54, 1.807) is 6.92 Å². The van der Waals surface area contributed by atoms with Crippen molar-refractivity contribution in [3.63, 3.8) is 0 Å². The summed E-state index contributed by atoms with van der Waals surface area (Å²) in [5, 5.41) is 2.30. The number of carbonyl (C=O) groups excluding carboxylic acids is 1. The Morgan fingerprint density at radius 2 is 2.60 bits per heavy atom. The number of amides is 1. The Labute approximate surface area is 62.3 Å². The number of carbonyl (C=O) groups is 1. The van der Waals surface area contributed by atoms with Crippen LogP contribution in [0.3, 0.4) is 0 Å². The highest BCUT2D eigenvalue weighted by atomic mass is 28.1. The van der Waals surface area contributed by atoms with Crippen molar-refractivity contribution in [1.82, 2.24) is 5.32 Å². The maximum Gasteiger partial charge on any atom is 0.409 e. The SMILES string of the molecule is CCOC(=O)NC1([SiH3])CO1. The molecule has 58 valence electrons. The van der Waals surface area contributed by atoms with E-state index in [9.17, 15) is 4.79 Å². The van der Waals surface area contributed by atoms with Crippen LogP contribution in [0.5, 0.6) is 0 Å². The zero-order valence-electron chi connectivity index (χ0n) is 6.14. The first-order chi connectivity index (χ1) is 4.66. The van der Waals surface area contributed by atoms with Crippen LogP contribution < -0.4 is 5.32 Å². The minimum atomic E-state index is -0.380. The molecule has 1 aliphatic heterocycles. The van der Waals surface area contributed by atoms with Gasteiger partial charge in [-0.05, 0) is 6.92 Å². The predicted octanol–water partition coefficient (Wildman–Crippen LogP) is -1.22. The van der Waals surface area contributed by atoms with Gasteiger partial charge in [-0.2, -0.15) is 0 Å². The van der Waals surface area contributed by atoms with E-state index < -0.39 is 0 Å². The maximum absolute atomic E-state index is 10.7. The van der Waals surface area contributed by atoms with Gasteiger partial charge >= 0.3 is 6.09 Å². The van der Waals surface area contributed by atoms with Crippen LogP contribution in [0.4, 0.5) is 4.79 Å². The summed E-state index contributed by atoms with van der Waals surface area (Å²) < 4.78 is 9.61. The maximum atomic E-state index is 10.7.